The van der Waals surface area contributed by atoms with Crippen LogP contribution in [0, 0.1) is 0 Å². The van der Waals surface area contributed by atoms with Crippen molar-refractivity contribution in [3.63, 3.8) is 0 Å². The highest BCUT2D eigenvalue weighted by atomic mass is 32.2. The van der Waals surface area contributed by atoms with Crippen LogP contribution in [0.2, 0.25) is 0 Å². The number of anilines is 1. The first-order valence-corrected chi connectivity index (χ1v) is 14.4. The highest BCUT2D eigenvalue weighted by Gasteiger charge is 2.37. The molecular formula is C29H26F9NO5S. The molecule has 3 aromatic rings. The number of carbonyl (C=O) groups is 1. The predicted molar refractivity (Wildman–Crippen MR) is 144 cm³/mol. The summed E-state index contributed by atoms with van der Waals surface area (Å²) in [5.41, 5.74) is -5.71. The molecule has 0 aliphatic carbocycles. The van der Waals surface area contributed by atoms with Crippen molar-refractivity contribution in [3.05, 3.63) is 82.4 Å². The molecule has 0 spiro atoms. The van der Waals surface area contributed by atoms with Gasteiger partial charge in [0.2, 0.25) is 5.91 Å². The first-order chi connectivity index (χ1) is 20.4. The quantitative estimate of drug-likeness (QED) is 0.175. The van der Waals surface area contributed by atoms with Gasteiger partial charge in [-0.05, 0) is 77.9 Å². The van der Waals surface area contributed by atoms with Crippen LogP contribution >= 0.6 is 0 Å². The molecule has 246 valence electrons. The number of amides is 1. The van der Waals surface area contributed by atoms with E-state index in [-0.39, 0.29) is 6.07 Å². The number of rotatable bonds is 9. The van der Waals surface area contributed by atoms with Gasteiger partial charge in [-0.15, -0.1) is 0 Å². The Kier molecular flexibility index (Phi) is 9.95. The average Bonchev–Trinajstić information content (AvgIpc) is 2.90. The summed E-state index contributed by atoms with van der Waals surface area (Å²) >= 11 is 0. The molecule has 2 N–H and O–H groups in total. The van der Waals surface area contributed by atoms with Crippen LogP contribution in [0.1, 0.15) is 61.4 Å². The Morgan fingerprint density at radius 2 is 1.27 bits per heavy atom. The first kappa shape index (κ1) is 35.7. The van der Waals surface area contributed by atoms with Crippen LogP contribution in [0.4, 0.5) is 45.2 Å². The van der Waals surface area contributed by atoms with E-state index >= 15 is 0 Å². The third-order valence-corrected chi connectivity index (χ3v) is 7.85. The number of carbonyl (C=O) groups excluding carboxylic acids is 1. The molecule has 16 heteroatoms. The largest absolute Gasteiger partial charge is 0.454 e. The summed E-state index contributed by atoms with van der Waals surface area (Å²) in [5.74, 6) is -2.13. The molecule has 0 radical (unpaired) electrons. The summed E-state index contributed by atoms with van der Waals surface area (Å²) in [4.78, 5) is 12.0. The van der Waals surface area contributed by atoms with Crippen molar-refractivity contribution in [1.29, 1.82) is 0 Å². The third kappa shape index (κ3) is 9.12. The van der Waals surface area contributed by atoms with Gasteiger partial charge in [-0.2, -0.15) is 47.9 Å². The van der Waals surface area contributed by atoms with Crippen LogP contribution in [-0.4, -0.2) is 18.9 Å². The van der Waals surface area contributed by atoms with E-state index in [0.717, 1.165) is 18.2 Å². The Hall–Kier alpha value is -3.79. The maximum atomic E-state index is 13.5. The maximum absolute atomic E-state index is 13.5. The summed E-state index contributed by atoms with van der Waals surface area (Å²) in [5, 5.41) is 2.09. The zero-order valence-electron chi connectivity index (χ0n) is 23.7. The van der Waals surface area contributed by atoms with E-state index in [0.29, 0.717) is 36.2 Å². The Labute approximate surface area is 252 Å². The lowest BCUT2D eigenvalue weighted by atomic mass is 9.82. The fourth-order valence-electron chi connectivity index (χ4n) is 4.06. The Morgan fingerprint density at radius 1 is 0.756 bits per heavy atom. The Balaban J connectivity index is 1.97. The molecule has 0 bridgehead atoms. The fraction of sp³-hybridized carbons (Fsp3) is 0.345. The van der Waals surface area contributed by atoms with Crippen LogP contribution in [0.25, 0.3) is 0 Å². The molecule has 3 aromatic carbocycles. The van der Waals surface area contributed by atoms with E-state index in [4.69, 9.17) is 4.74 Å². The molecule has 0 aliphatic heterocycles. The SMILES string of the molecule is CCC(C)(C)c1ccc(Oc2ccc(C(F)(F)F)cc2NC(=O)CCc2cc(C(F)(F)F)cc(C(F)(F)F)c2)c(S(=O)(=O)O)c1. The molecule has 6 nitrogen and oxygen atoms in total. The van der Waals surface area contributed by atoms with E-state index in [1.54, 1.807) is 13.8 Å². The normalized spacial score (nSPS) is 13.1. The molecule has 1 amide bonds. The topological polar surface area (TPSA) is 92.7 Å². The molecule has 0 unspecified atom stereocenters. The average molecular weight is 672 g/mol. The van der Waals surface area contributed by atoms with Crippen molar-refractivity contribution in [3.8, 4) is 11.5 Å². The second kappa shape index (κ2) is 12.5. The molecule has 0 aromatic heterocycles. The van der Waals surface area contributed by atoms with Crippen LogP contribution in [0.15, 0.2) is 59.5 Å². The monoisotopic (exact) mass is 671 g/mol. The van der Waals surface area contributed by atoms with E-state index in [1.165, 1.54) is 6.07 Å². The molecule has 3 rings (SSSR count). The molecule has 0 saturated heterocycles. The van der Waals surface area contributed by atoms with Crippen LogP contribution in [0.3, 0.4) is 0 Å². The number of aryl methyl sites for hydroxylation is 1. The van der Waals surface area contributed by atoms with Crippen LogP contribution < -0.4 is 10.1 Å². The highest BCUT2D eigenvalue weighted by molar-refractivity contribution is 7.86. The van der Waals surface area contributed by atoms with Gasteiger partial charge < -0.3 is 10.1 Å². The summed E-state index contributed by atoms with van der Waals surface area (Å²) in [6.45, 7) is 5.42. The number of ether oxygens (including phenoxy) is 1. The van der Waals surface area contributed by atoms with Gasteiger partial charge in [0.25, 0.3) is 10.1 Å². The number of hydrogen-bond acceptors (Lipinski definition) is 4. The molecule has 45 heavy (non-hydrogen) atoms. The summed E-state index contributed by atoms with van der Waals surface area (Å²) in [7, 11) is -4.93. The van der Waals surface area contributed by atoms with Gasteiger partial charge >= 0.3 is 18.5 Å². The van der Waals surface area contributed by atoms with Gasteiger partial charge in [0.15, 0.2) is 5.75 Å². The predicted octanol–water partition coefficient (Wildman–Crippen LogP) is 9.04. The van der Waals surface area contributed by atoms with Crippen molar-refractivity contribution < 1.29 is 62.0 Å². The van der Waals surface area contributed by atoms with E-state index in [1.807, 2.05) is 6.92 Å². The minimum atomic E-state index is -5.13. The number of nitrogens with one attached hydrogen (secondary N) is 1. The Morgan fingerprint density at radius 3 is 1.76 bits per heavy atom. The second-order valence-electron chi connectivity index (χ2n) is 10.6. The molecule has 0 heterocycles. The number of hydrogen-bond donors (Lipinski definition) is 2. The molecule has 0 fully saturated rings. The molecule has 0 saturated carbocycles. The van der Waals surface area contributed by atoms with Gasteiger partial charge in [-0.25, -0.2) is 0 Å². The second-order valence-corrected chi connectivity index (χ2v) is 12.0. The minimum absolute atomic E-state index is 0.0908. The number of benzene rings is 3. The minimum Gasteiger partial charge on any atom is -0.454 e. The van der Waals surface area contributed by atoms with Gasteiger partial charge in [0.1, 0.15) is 10.6 Å². The standard InChI is InChI=1S/C29H26F9NO5S/c1-4-26(2,3)17-6-9-23(24(15-17)45(41,42)43)44-22-8-7-18(27(30,31)32)14-21(22)39-25(40)10-5-16-11-19(28(33,34)35)13-20(12-16)29(36,37)38/h6-9,11-15H,4-5,10H2,1-3H3,(H,39,40)(H,41,42,43). The third-order valence-electron chi connectivity index (χ3n) is 6.98. The van der Waals surface area contributed by atoms with Crippen molar-refractivity contribution in [1.82, 2.24) is 0 Å². The number of halogens is 9. The smallest absolute Gasteiger partial charge is 0.416 e. The lowest BCUT2D eigenvalue weighted by Gasteiger charge is -2.24. The molecular weight excluding hydrogens is 645 g/mol. The first-order valence-electron chi connectivity index (χ1n) is 13.0. The van der Waals surface area contributed by atoms with Crippen LogP contribution in [-0.2, 0) is 45.3 Å². The van der Waals surface area contributed by atoms with Gasteiger partial charge in [-0.1, -0.05) is 26.8 Å². The van der Waals surface area contributed by atoms with Crippen molar-refractivity contribution in [2.24, 2.45) is 0 Å². The lowest BCUT2D eigenvalue weighted by molar-refractivity contribution is -0.143. The maximum Gasteiger partial charge on any atom is 0.416 e. The molecule has 0 aliphatic rings. The van der Waals surface area contributed by atoms with E-state index in [2.05, 4.69) is 5.32 Å². The van der Waals surface area contributed by atoms with E-state index < -0.39 is 97.1 Å². The summed E-state index contributed by atoms with van der Waals surface area (Å²) in [6.07, 6.45) is -16.0. The summed E-state index contributed by atoms with van der Waals surface area (Å²) in [6, 6.07) is 6.27. The lowest BCUT2D eigenvalue weighted by Crippen LogP contribution is -2.17. The van der Waals surface area contributed by atoms with Gasteiger partial charge in [0, 0.05) is 6.42 Å². The van der Waals surface area contributed by atoms with Crippen molar-refractivity contribution in [2.75, 3.05) is 5.32 Å². The summed E-state index contributed by atoms with van der Waals surface area (Å²) < 4.78 is 159. The van der Waals surface area contributed by atoms with Gasteiger partial charge in [0.05, 0.1) is 22.4 Å². The Bertz CT molecular complexity index is 1650. The van der Waals surface area contributed by atoms with Crippen LogP contribution in [0.5, 0.6) is 11.5 Å². The number of alkyl halides is 9. The van der Waals surface area contributed by atoms with E-state index in [9.17, 15) is 57.3 Å². The molecule has 0 atom stereocenters. The van der Waals surface area contributed by atoms with Gasteiger partial charge in [-0.3, -0.25) is 9.35 Å². The van der Waals surface area contributed by atoms with Crippen molar-refractivity contribution >= 4 is 21.7 Å². The zero-order valence-corrected chi connectivity index (χ0v) is 24.5. The highest BCUT2D eigenvalue weighted by Crippen LogP contribution is 2.40. The van der Waals surface area contributed by atoms with Crippen molar-refractivity contribution in [2.45, 2.75) is 68.9 Å². The zero-order chi connectivity index (χ0) is 34.2. The fourth-order valence-corrected chi connectivity index (χ4v) is 4.70.